The Morgan fingerprint density at radius 2 is 2.06 bits per heavy atom. The van der Waals surface area contributed by atoms with Crippen LogP contribution in [0.1, 0.15) is 19.3 Å². The Morgan fingerprint density at radius 1 is 1.15 bits per heavy atom. The summed E-state index contributed by atoms with van der Waals surface area (Å²) in [6, 6.07) is 6.32. The Bertz CT molecular complexity index is 1190. The predicted molar refractivity (Wildman–Crippen MR) is 116 cm³/mol. The summed E-state index contributed by atoms with van der Waals surface area (Å²) in [5, 5.41) is 6.07. The van der Waals surface area contributed by atoms with Crippen LogP contribution in [0.5, 0.6) is 11.6 Å². The van der Waals surface area contributed by atoms with Crippen LogP contribution in [-0.4, -0.2) is 53.0 Å². The minimum absolute atomic E-state index is 0.0371. The molecular weight excluding hydrogens is 432 g/mol. The zero-order valence-corrected chi connectivity index (χ0v) is 17.8. The number of benzene rings is 1. The number of halogens is 2. The molecule has 1 atom stereocenters. The SMILES string of the molecule is Fc1c(Nc2ncnc3ccc(O[C@H]4CCNC4)nc23)ccc(OCC23CC(CO2)C3)c1F. The molecular formula is C23H23F2N5O3. The predicted octanol–water partition coefficient (Wildman–Crippen LogP) is 3.35. The lowest BCUT2D eigenvalue weighted by Gasteiger charge is -2.35. The molecule has 172 valence electrons. The van der Waals surface area contributed by atoms with Gasteiger partial charge < -0.3 is 24.8 Å². The molecule has 1 aromatic carbocycles. The monoisotopic (exact) mass is 455 g/mol. The first-order valence-corrected chi connectivity index (χ1v) is 11.1. The summed E-state index contributed by atoms with van der Waals surface area (Å²) in [5.41, 5.74) is 0.537. The number of rotatable bonds is 7. The number of nitrogens with zero attached hydrogens (tertiary/aromatic N) is 3. The first kappa shape index (κ1) is 20.5. The summed E-state index contributed by atoms with van der Waals surface area (Å²) in [5.74, 6) is -1.01. The fraction of sp³-hybridized carbons (Fsp3) is 0.435. The molecule has 2 bridgehead atoms. The van der Waals surface area contributed by atoms with Crippen molar-refractivity contribution in [3.8, 4) is 11.6 Å². The maximum absolute atomic E-state index is 14.9. The Labute approximate surface area is 188 Å². The van der Waals surface area contributed by atoms with E-state index in [4.69, 9.17) is 14.2 Å². The summed E-state index contributed by atoms with van der Waals surface area (Å²) in [6.45, 7) is 2.58. The molecule has 2 N–H and O–H groups in total. The van der Waals surface area contributed by atoms with Gasteiger partial charge in [-0.1, -0.05) is 0 Å². The van der Waals surface area contributed by atoms with Gasteiger partial charge in [0.2, 0.25) is 11.7 Å². The van der Waals surface area contributed by atoms with Crippen molar-refractivity contribution in [3.63, 3.8) is 0 Å². The average Bonchev–Trinajstić information content (AvgIpc) is 3.55. The molecule has 0 radical (unpaired) electrons. The number of hydrogen-bond donors (Lipinski definition) is 2. The average molecular weight is 455 g/mol. The van der Waals surface area contributed by atoms with Gasteiger partial charge in [-0.2, -0.15) is 4.39 Å². The molecule has 3 aliphatic heterocycles. The van der Waals surface area contributed by atoms with Gasteiger partial charge in [-0.3, -0.25) is 0 Å². The third-order valence-electron chi connectivity index (χ3n) is 6.50. The molecule has 3 aromatic rings. The lowest BCUT2D eigenvalue weighted by Crippen LogP contribution is -2.42. The molecule has 1 saturated carbocycles. The highest BCUT2D eigenvalue weighted by molar-refractivity contribution is 5.87. The van der Waals surface area contributed by atoms with Crippen molar-refractivity contribution in [3.05, 3.63) is 42.2 Å². The molecule has 2 aromatic heterocycles. The molecule has 4 aliphatic rings. The number of hydrogen-bond acceptors (Lipinski definition) is 8. The minimum atomic E-state index is -1.06. The van der Waals surface area contributed by atoms with Crippen molar-refractivity contribution >= 4 is 22.5 Å². The number of pyridine rings is 1. The van der Waals surface area contributed by atoms with Gasteiger partial charge in [-0.25, -0.2) is 19.3 Å². The van der Waals surface area contributed by atoms with Crippen molar-refractivity contribution in [1.82, 2.24) is 20.3 Å². The van der Waals surface area contributed by atoms with E-state index >= 15 is 0 Å². The van der Waals surface area contributed by atoms with Crippen molar-refractivity contribution in [2.75, 3.05) is 31.6 Å². The zero-order chi connectivity index (χ0) is 22.4. The van der Waals surface area contributed by atoms with Gasteiger partial charge in [0.05, 0.1) is 17.8 Å². The van der Waals surface area contributed by atoms with Crippen LogP contribution in [0.25, 0.3) is 11.0 Å². The van der Waals surface area contributed by atoms with Crippen LogP contribution in [0.2, 0.25) is 0 Å². The maximum Gasteiger partial charge on any atom is 0.214 e. The molecule has 3 saturated heterocycles. The van der Waals surface area contributed by atoms with Crippen LogP contribution in [0.4, 0.5) is 20.3 Å². The van der Waals surface area contributed by atoms with Crippen LogP contribution in [0.3, 0.4) is 0 Å². The smallest absolute Gasteiger partial charge is 0.214 e. The first-order valence-electron chi connectivity index (χ1n) is 11.1. The largest absolute Gasteiger partial charge is 0.487 e. The maximum atomic E-state index is 14.9. The van der Waals surface area contributed by atoms with Crippen LogP contribution in [0.15, 0.2) is 30.6 Å². The second-order valence-corrected chi connectivity index (χ2v) is 8.89. The van der Waals surface area contributed by atoms with E-state index in [1.807, 2.05) is 0 Å². The molecule has 7 rings (SSSR count). The third-order valence-corrected chi connectivity index (χ3v) is 6.50. The van der Waals surface area contributed by atoms with E-state index in [-0.39, 0.29) is 35.6 Å². The van der Waals surface area contributed by atoms with E-state index < -0.39 is 11.6 Å². The molecule has 33 heavy (non-hydrogen) atoms. The van der Waals surface area contributed by atoms with Crippen molar-refractivity contribution in [1.29, 1.82) is 0 Å². The van der Waals surface area contributed by atoms with E-state index in [2.05, 4.69) is 25.6 Å². The van der Waals surface area contributed by atoms with Gasteiger partial charge in [0.15, 0.2) is 17.4 Å². The van der Waals surface area contributed by atoms with Crippen LogP contribution in [-0.2, 0) is 4.74 Å². The second kappa shape index (κ2) is 8.03. The Hall–Kier alpha value is -3.11. The standard InChI is InChI=1S/C23H23F2N5O3/c24-19-15(1-3-17(20(19)25)31-11-23-7-13(8-23)10-32-23)29-22-21-16(27-12-28-22)2-4-18(30-21)33-14-5-6-26-9-14/h1-4,12-14,26H,5-11H2,(H,27,28,29)/t13?,14-,23?/m0/s1. The molecule has 0 spiro atoms. The normalized spacial score (nSPS) is 25.8. The summed E-state index contributed by atoms with van der Waals surface area (Å²) in [4.78, 5) is 12.9. The molecule has 10 heteroatoms. The van der Waals surface area contributed by atoms with E-state index in [1.54, 1.807) is 12.1 Å². The molecule has 0 unspecified atom stereocenters. The second-order valence-electron chi connectivity index (χ2n) is 8.89. The highest BCUT2D eigenvalue weighted by Gasteiger charge is 2.52. The number of anilines is 2. The van der Waals surface area contributed by atoms with Crippen molar-refractivity contribution < 1.29 is 23.0 Å². The molecule has 4 fully saturated rings. The fourth-order valence-corrected chi connectivity index (χ4v) is 4.74. The van der Waals surface area contributed by atoms with Gasteiger partial charge >= 0.3 is 0 Å². The third kappa shape index (κ3) is 3.83. The molecule has 5 heterocycles. The highest BCUT2D eigenvalue weighted by atomic mass is 19.2. The number of ether oxygens (including phenoxy) is 3. The molecule has 0 amide bonds. The summed E-state index contributed by atoms with van der Waals surface area (Å²) < 4.78 is 46.8. The molecule has 1 aliphatic carbocycles. The van der Waals surface area contributed by atoms with Crippen molar-refractivity contribution in [2.24, 2.45) is 5.92 Å². The number of aromatic nitrogens is 3. The topological polar surface area (TPSA) is 90.4 Å². The van der Waals surface area contributed by atoms with Crippen LogP contribution >= 0.6 is 0 Å². The van der Waals surface area contributed by atoms with E-state index in [1.165, 1.54) is 18.5 Å². The summed E-state index contributed by atoms with van der Waals surface area (Å²) in [6.07, 6.45) is 4.09. The zero-order valence-electron chi connectivity index (χ0n) is 17.8. The number of nitrogens with one attached hydrogen (secondary N) is 2. The van der Waals surface area contributed by atoms with Crippen LogP contribution in [0, 0.1) is 17.6 Å². The summed E-state index contributed by atoms with van der Waals surface area (Å²) in [7, 11) is 0. The fourth-order valence-electron chi connectivity index (χ4n) is 4.74. The first-order chi connectivity index (χ1) is 16.1. The lowest BCUT2D eigenvalue weighted by atomic mass is 9.75. The Balaban J connectivity index is 1.22. The lowest BCUT2D eigenvalue weighted by molar-refractivity contribution is -0.0367. The quantitative estimate of drug-likeness (QED) is 0.561. The van der Waals surface area contributed by atoms with Gasteiger partial charge in [0.1, 0.15) is 30.2 Å². The Morgan fingerprint density at radius 3 is 2.85 bits per heavy atom. The van der Waals surface area contributed by atoms with Crippen LogP contribution < -0.4 is 20.1 Å². The van der Waals surface area contributed by atoms with Gasteiger partial charge in [-0.15, -0.1) is 0 Å². The van der Waals surface area contributed by atoms with E-state index in [0.29, 0.717) is 29.4 Å². The van der Waals surface area contributed by atoms with E-state index in [9.17, 15) is 8.78 Å². The molecule has 8 nitrogen and oxygen atoms in total. The minimum Gasteiger partial charge on any atom is -0.487 e. The van der Waals surface area contributed by atoms with Crippen molar-refractivity contribution in [2.45, 2.75) is 31.0 Å². The Kier molecular flexibility index (Phi) is 4.99. The number of fused-ring (bicyclic) bond motifs is 2. The highest BCUT2D eigenvalue weighted by Crippen LogP contribution is 2.48. The van der Waals surface area contributed by atoms with Gasteiger partial charge in [0, 0.05) is 12.6 Å². The van der Waals surface area contributed by atoms with Gasteiger partial charge in [0.25, 0.3) is 0 Å². The van der Waals surface area contributed by atoms with Gasteiger partial charge in [-0.05, 0) is 49.9 Å². The summed E-state index contributed by atoms with van der Waals surface area (Å²) >= 11 is 0. The van der Waals surface area contributed by atoms with E-state index in [0.717, 1.165) is 32.4 Å².